The zero-order chi connectivity index (χ0) is 26.8. The van der Waals surface area contributed by atoms with E-state index in [9.17, 15) is 31.8 Å². The topological polar surface area (TPSA) is 81.1 Å². The minimum atomic E-state index is -5.05. The molecule has 1 unspecified atom stereocenters. The van der Waals surface area contributed by atoms with E-state index in [4.69, 9.17) is 12.2 Å². The lowest BCUT2D eigenvalue weighted by molar-refractivity contribution is -0.277. The van der Waals surface area contributed by atoms with Crippen LogP contribution in [0.3, 0.4) is 0 Å². The number of benzene rings is 2. The first-order valence-electron chi connectivity index (χ1n) is 11.7. The highest BCUT2D eigenvalue weighted by atomic mass is 32.2. The number of anilines is 1. The average Bonchev–Trinajstić information content (AvgIpc) is 2.88. The Balaban J connectivity index is 1.64. The maximum Gasteiger partial charge on any atom is 0.423 e. The Bertz CT molecular complexity index is 1300. The Labute approximate surface area is 219 Å². The maximum absolute atomic E-state index is 13.4. The van der Waals surface area contributed by atoms with Gasteiger partial charge in [0.15, 0.2) is 0 Å². The van der Waals surface area contributed by atoms with Crippen LogP contribution in [0.2, 0.25) is 0 Å². The minimum absolute atomic E-state index is 0.122. The van der Waals surface area contributed by atoms with Crippen molar-refractivity contribution in [3.05, 3.63) is 88.9 Å². The molecule has 0 radical (unpaired) electrons. The molecular formula is C26H27F3N2O4S2. The standard InChI is InChI=1S/C26H27F3N2O4S2/c27-26(28,29)25(33,18-32)20-10-12-21(13-11-20)31-15-14-30(17-22(31)16-19-6-2-1-3-7-19)37(34,35)24-9-5-4-8-23(24)36/h1-7,9-13,22,32-33H,8,14-18H2/t22-,25?/m0/s1. The van der Waals surface area contributed by atoms with E-state index in [0.29, 0.717) is 29.9 Å². The molecule has 0 bridgehead atoms. The van der Waals surface area contributed by atoms with E-state index >= 15 is 0 Å². The van der Waals surface area contributed by atoms with E-state index in [2.05, 4.69) is 0 Å². The number of alkyl halides is 3. The van der Waals surface area contributed by atoms with Crippen molar-refractivity contribution >= 4 is 32.8 Å². The van der Waals surface area contributed by atoms with Crippen LogP contribution in [0, 0.1) is 0 Å². The number of hydrogen-bond acceptors (Lipinski definition) is 6. The number of allylic oxidation sites excluding steroid dienone is 4. The number of aliphatic hydroxyl groups excluding tert-OH is 1. The second-order valence-corrected chi connectivity index (χ2v) is 11.4. The van der Waals surface area contributed by atoms with Gasteiger partial charge in [-0.2, -0.15) is 17.5 Å². The molecular weight excluding hydrogens is 525 g/mol. The van der Waals surface area contributed by atoms with Crippen LogP contribution < -0.4 is 4.90 Å². The molecule has 1 aliphatic heterocycles. The fourth-order valence-corrected chi connectivity index (χ4v) is 6.68. The summed E-state index contributed by atoms with van der Waals surface area (Å²) in [7, 11) is -3.82. The predicted molar refractivity (Wildman–Crippen MR) is 140 cm³/mol. The molecule has 1 saturated heterocycles. The van der Waals surface area contributed by atoms with Crippen LogP contribution in [0.25, 0.3) is 0 Å². The Morgan fingerprint density at radius 3 is 2.30 bits per heavy atom. The van der Waals surface area contributed by atoms with Gasteiger partial charge in [0.25, 0.3) is 0 Å². The van der Waals surface area contributed by atoms with Crippen molar-refractivity contribution in [2.45, 2.75) is 30.7 Å². The summed E-state index contributed by atoms with van der Waals surface area (Å²) in [4.78, 5) is 2.44. The third kappa shape index (κ3) is 5.51. The van der Waals surface area contributed by atoms with Crippen molar-refractivity contribution in [1.82, 2.24) is 4.31 Å². The molecule has 11 heteroatoms. The molecule has 0 spiro atoms. The summed E-state index contributed by atoms with van der Waals surface area (Å²) in [5.74, 6) is 0. The highest BCUT2D eigenvalue weighted by Gasteiger charge is 2.54. The number of piperazine rings is 1. The lowest BCUT2D eigenvalue weighted by atomic mass is 9.93. The van der Waals surface area contributed by atoms with E-state index in [-0.39, 0.29) is 24.0 Å². The lowest BCUT2D eigenvalue weighted by Crippen LogP contribution is -2.56. The number of thiocarbonyl (C=S) groups is 1. The van der Waals surface area contributed by atoms with Crippen LogP contribution in [0.5, 0.6) is 0 Å². The Morgan fingerprint density at radius 2 is 1.70 bits per heavy atom. The second kappa shape index (κ2) is 10.7. The molecule has 2 aromatic rings. The third-order valence-electron chi connectivity index (χ3n) is 6.71. The van der Waals surface area contributed by atoms with Gasteiger partial charge >= 0.3 is 6.18 Å². The first-order chi connectivity index (χ1) is 17.5. The van der Waals surface area contributed by atoms with Gasteiger partial charge < -0.3 is 15.1 Å². The van der Waals surface area contributed by atoms with Crippen LogP contribution in [-0.4, -0.2) is 66.3 Å². The van der Waals surface area contributed by atoms with Gasteiger partial charge in [0.2, 0.25) is 15.6 Å². The fourth-order valence-electron chi connectivity index (χ4n) is 4.61. The number of rotatable bonds is 7. The van der Waals surface area contributed by atoms with Crippen LogP contribution in [-0.2, 0) is 22.0 Å². The zero-order valence-corrected chi connectivity index (χ0v) is 21.4. The molecule has 2 atom stereocenters. The molecule has 2 aliphatic rings. The summed E-state index contributed by atoms with van der Waals surface area (Å²) in [6.45, 7) is -0.876. The Kier molecular flexibility index (Phi) is 7.91. The van der Waals surface area contributed by atoms with Gasteiger partial charge in [-0.25, -0.2) is 8.42 Å². The molecule has 1 heterocycles. The van der Waals surface area contributed by atoms with Gasteiger partial charge in [-0.1, -0.05) is 66.8 Å². The van der Waals surface area contributed by atoms with E-state index < -0.39 is 34.0 Å². The van der Waals surface area contributed by atoms with Crippen LogP contribution in [0.4, 0.5) is 18.9 Å². The smallest absolute Gasteiger partial charge is 0.393 e. The number of sulfonamides is 1. The molecule has 2 aromatic carbocycles. The molecule has 4 rings (SSSR count). The number of nitrogens with zero attached hydrogens (tertiary/aromatic N) is 2. The van der Waals surface area contributed by atoms with Crippen molar-refractivity contribution in [1.29, 1.82) is 0 Å². The largest absolute Gasteiger partial charge is 0.423 e. The summed E-state index contributed by atoms with van der Waals surface area (Å²) in [6.07, 6.45) is 0.831. The van der Waals surface area contributed by atoms with Crippen LogP contribution in [0.1, 0.15) is 17.5 Å². The summed E-state index contributed by atoms with van der Waals surface area (Å²) >= 11 is 5.30. The van der Waals surface area contributed by atoms with E-state index in [0.717, 1.165) is 17.7 Å². The third-order valence-corrected chi connectivity index (χ3v) is 9.18. The monoisotopic (exact) mass is 552 g/mol. The predicted octanol–water partition coefficient (Wildman–Crippen LogP) is 3.71. The van der Waals surface area contributed by atoms with Gasteiger partial charge in [-0.3, -0.25) is 0 Å². The van der Waals surface area contributed by atoms with E-state index in [1.807, 2.05) is 35.2 Å². The highest BCUT2D eigenvalue weighted by Crippen LogP contribution is 2.39. The second-order valence-electron chi connectivity index (χ2n) is 9.05. The Hall–Kier alpha value is -2.57. The van der Waals surface area contributed by atoms with Crippen molar-refractivity contribution < 1.29 is 31.8 Å². The summed E-state index contributed by atoms with van der Waals surface area (Å²) < 4.78 is 68.4. The molecule has 1 aliphatic carbocycles. The fraction of sp³-hybridized carbons (Fsp3) is 0.346. The summed E-state index contributed by atoms with van der Waals surface area (Å²) in [6, 6.07) is 14.4. The molecule has 2 N–H and O–H groups in total. The van der Waals surface area contributed by atoms with Crippen LogP contribution >= 0.6 is 12.2 Å². The number of aliphatic hydroxyl groups is 2. The van der Waals surface area contributed by atoms with Gasteiger partial charge in [0, 0.05) is 42.6 Å². The first kappa shape index (κ1) is 27.5. The van der Waals surface area contributed by atoms with Gasteiger partial charge in [-0.05, 0) is 35.8 Å². The van der Waals surface area contributed by atoms with E-state index in [1.165, 1.54) is 22.5 Å². The first-order valence-corrected chi connectivity index (χ1v) is 13.5. The van der Waals surface area contributed by atoms with Gasteiger partial charge in [0.05, 0.1) is 11.5 Å². The molecule has 0 aromatic heterocycles. The highest BCUT2D eigenvalue weighted by molar-refractivity contribution is 7.96. The van der Waals surface area contributed by atoms with Crippen molar-refractivity contribution in [2.75, 3.05) is 31.1 Å². The molecule has 37 heavy (non-hydrogen) atoms. The normalized spacial score (nSPS) is 21.0. The van der Waals surface area contributed by atoms with Crippen molar-refractivity contribution in [2.24, 2.45) is 0 Å². The molecule has 6 nitrogen and oxygen atoms in total. The molecule has 1 fully saturated rings. The van der Waals surface area contributed by atoms with Gasteiger partial charge in [0.1, 0.15) is 0 Å². The minimum Gasteiger partial charge on any atom is -0.393 e. The summed E-state index contributed by atoms with van der Waals surface area (Å²) in [5.41, 5.74) is -2.28. The Morgan fingerprint density at radius 1 is 1.03 bits per heavy atom. The average molecular weight is 553 g/mol. The SMILES string of the molecule is O=S(=O)(C1=CC=CCC1=S)N1CCN(c2ccc(C(O)(CO)C(F)(F)F)cc2)[C@@H](Cc2ccccc2)C1. The molecule has 0 amide bonds. The number of halogens is 3. The van der Waals surface area contributed by atoms with Crippen LogP contribution in [0.15, 0.2) is 77.7 Å². The number of hydrogen-bond donors (Lipinski definition) is 2. The van der Waals surface area contributed by atoms with E-state index in [1.54, 1.807) is 12.2 Å². The zero-order valence-electron chi connectivity index (χ0n) is 19.8. The summed E-state index contributed by atoms with van der Waals surface area (Å²) in [5, 5.41) is 19.3. The molecule has 198 valence electrons. The van der Waals surface area contributed by atoms with Gasteiger partial charge in [-0.15, -0.1) is 0 Å². The van der Waals surface area contributed by atoms with Crippen molar-refractivity contribution in [3.8, 4) is 0 Å². The maximum atomic E-state index is 13.4. The lowest BCUT2D eigenvalue weighted by Gasteiger charge is -2.43. The molecule has 0 saturated carbocycles. The quantitative estimate of drug-likeness (QED) is 0.510. The van der Waals surface area contributed by atoms with Crippen molar-refractivity contribution in [3.63, 3.8) is 0 Å².